The Kier molecular flexibility index (Phi) is 6.20. The SMILES string of the molecule is O=C(O)/C(=C/c1cccs1)CNCCN1CCOCC1. The fraction of sp³-hybridized carbons (Fsp3) is 0.500. The zero-order chi connectivity index (χ0) is 14.2. The highest BCUT2D eigenvalue weighted by Gasteiger charge is 2.10. The number of hydrogen-bond acceptors (Lipinski definition) is 5. The fourth-order valence-corrected chi connectivity index (χ4v) is 2.70. The number of nitrogens with one attached hydrogen (secondary N) is 1. The monoisotopic (exact) mass is 296 g/mol. The van der Waals surface area contributed by atoms with Gasteiger partial charge in [-0.25, -0.2) is 4.79 Å². The summed E-state index contributed by atoms with van der Waals surface area (Å²) in [4.78, 5) is 14.5. The molecule has 2 N–H and O–H groups in total. The molecule has 5 nitrogen and oxygen atoms in total. The predicted molar refractivity (Wildman–Crippen MR) is 80.1 cm³/mol. The minimum absolute atomic E-state index is 0.386. The molecule has 1 aromatic rings. The Morgan fingerprint density at radius 1 is 1.50 bits per heavy atom. The van der Waals surface area contributed by atoms with Gasteiger partial charge in [-0.1, -0.05) is 6.07 Å². The van der Waals surface area contributed by atoms with Gasteiger partial charge in [0, 0.05) is 37.6 Å². The summed E-state index contributed by atoms with van der Waals surface area (Å²) in [5, 5.41) is 14.3. The van der Waals surface area contributed by atoms with Crippen LogP contribution in [0.5, 0.6) is 0 Å². The van der Waals surface area contributed by atoms with Gasteiger partial charge in [0.15, 0.2) is 0 Å². The molecule has 20 heavy (non-hydrogen) atoms. The van der Waals surface area contributed by atoms with Crippen LogP contribution in [0.15, 0.2) is 23.1 Å². The van der Waals surface area contributed by atoms with Crippen LogP contribution < -0.4 is 5.32 Å². The lowest BCUT2D eigenvalue weighted by atomic mass is 10.2. The summed E-state index contributed by atoms with van der Waals surface area (Å²) in [6.07, 6.45) is 1.73. The van der Waals surface area contributed by atoms with Crippen molar-refractivity contribution in [3.63, 3.8) is 0 Å². The first-order valence-electron chi connectivity index (χ1n) is 6.74. The summed E-state index contributed by atoms with van der Waals surface area (Å²) in [6, 6.07) is 3.84. The van der Waals surface area contributed by atoms with Crippen LogP contribution in [0.25, 0.3) is 6.08 Å². The van der Waals surface area contributed by atoms with Crippen molar-refractivity contribution in [2.75, 3.05) is 45.9 Å². The van der Waals surface area contributed by atoms with Crippen molar-refractivity contribution < 1.29 is 14.6 Å². The molecule has 1 saturated heterocycles. The van der Waals surface area contributed by atoms with Crippen molar-refractivity contribution in [1.29, 1.82) is 0 Å². The van der Waals surface area contributed by atoms with Crippen molar-refractivity contribution in [2.24, 2.45) is 0 Å². The molecule has 0 spiro atoms. The lowest BCUT2D eigenvalue weighted by Gasteiger charge is -2.26. The molecule has 0 amide bonds. The van der Waals surface area contributed by atoms with Gasteiger partial charge in [-0.05, 0) is 17.5 Å². The van der Waals surface area contributed by atoms with Gasteiger partial charge >= 0.3 is 5.97 Å². The second-order valence-electron chi connectivity index (χ2n) is 4.62. The Balaban J connectivity index is 1.74. The number of carboxylic acid groups (broad SMARTS) is 1. The normalized spacial score (nSPS) is 17.3. The number of rotatable bonds is 7. The molecule has 0 atom stereocenters. The predicted octanol–water partition coefficient (Wildman–Crippen LogP) is 1.14. The van der Waals surface area contributed by atoms with Crippen LogP contribution in [-0.2, 0) is 9.53 Å². The van der Waals surface area contributed by atoms with E-state index in [-0.39, 0.29) is 0 Å². The van der Waals surface area contributed by atoms with E-state index in [0.29, 0.717) is 12.1 Å². The molecule has 1 aromatic heterocycles. The van der Waals surface area contributed by atoms with E-state index in [9.17, 15) is 9.90 Å². The molecule has 6 heteroatoms. The summed E-state index contributed by atoms with van der Waals surface area (Å²) < 4.78 is 5.29. The molecule has 0 saturated carbocycles. The van der Waals surface area contributed by atoms with Gasteiger partial charge in [0.2, 0.25) is 0 Å². The van der Waals surface area contributed by atoms with Gasteiger partial charge in [-0.3, -0.25) is 4.90 Å². The summed E-state index contributed by atoms with van der Waals surface area (Å²) in [5.74, 6) is -0.864. The highest BCUT2D eigenvalue weighted by molar-refractivity contribution is 7.10. The Morgan fingerprint density at radius 3 is 2.95 bits per heavy atom. The first-order chi connectivity index (χ1) is 9.75. The molecule has 2 rings (SSSR count). The number of carbonyl (C=O) groups is 1. The van der Waals surface area contributed by atoms with Crippen LogP contribution >= 0.6 is 11.3 Å². The number of hydrogen-bond donors (Lipinski definition) is 2. The van der Waals surface area contributed by atoms with Crippen LogP contribution in [0.3, 0.4) is 0 Å². The molecular formula is C14H20N2O3S. The van der Waals surface area contributed by atoms with Crippen molar-refractivity contribution in [1.82, 2.24) is 10.2 Å². The largest absolute Gasteiger partial charge is 0.478 e. The van der Waals surface area contributed by atoms with Crippen LogP contribution in [0.4, 0.5) is 0 Å². The molecule has 1 aliphatic heterocycles. The van der Waals surface area contributed by atoms with Crippen molar-refractivity contribution in [3.05, 3.63) is 28.0 Å². The van der Waals surface area contributed by atoms with Crippen molar-refractivity contribution in [2.45, 2.75) is 0 Å². The van der Waals surface area contributed by atoms with E-state index in [1.807, 2.05) is 17.5 Å². The zero-order valence-corrected chi connectivity index (χ0v) is 12.2. The number of morpholine rings is 1. The van der Waals surface area contributed by atoms with Crippen molar-refractivity contribution >= 4 is 23.4 Å². The maximum Gasteiger partial charge on any atom is 0.332 e. The van der Waals surface area contributed by atoms with E-state index in [2.05, 4.69) is 10.2 Å². The minimum Gasteiger partial charge on any atom is -0.478 e. The van der Waals surface area contributed by atoms with E-state index in [0.717, 1.165) is 44.3 Å². The number of aliphatic carboxylic acids is 1. The van der Waals surface area contributed by atoms with E-state index >= 15 is 0 Å². The first kappa shape index (κ1) is 15.2. The summed E-state index contributed by atoms with van der Waals surface area (Å²) in [6.45, 7) is 5.59. The Bertz CT molecular complexity index is 439. The van der Waals surface area contributed by atoms with Gasteiger partial charge in [-0.2, -0.15) is 0 Å². The molecule has 0 aromatic carbocycles. The average Bonchev–Trinajstić information content (AvgIpc) is 2.96. The number of carboxylic acids is 1. The minimum atomic E-state index is -0.864. The number of thiophene rings is 1. The Hall–Kier alpha value is -1.21. The topological polar surface area (TPSA) is 61.8 Å². The zero-order valence-electron chi connectivity index (χ0n) is 11.4. The highest BCUT2D eigenvalue weighted by atomic mass is 32.1. The summed E-state index contributed by atoms with van der Waals surface area (Å²) in [5.41, 5.74) is 0.398. The highest BCUT2D eigenvalue weighted by Crippen LogP contribution is 2.13. The van der Waals surface area contributed by atoms with Gasteiger partial charge in [0.25, 0.3) is 0 Å². The quantitative estimate of drug-likeness (QED) is 0.583. The van der Waals surface area contributed by atoms with E-state index in [1.165, 1.54) is 0 Å². The lowest BCUT2D eigenvalue weighted by molar-refractivity contribution is -0.132. The third-order valence-electron chi connectivity index (χ3n) is 3.16. The van der Waals surface area contributed by atoms with Gasteiger partial charge < -0.3 is 15.2 Å². The average molecular weight is 296 g/mol. The van der Waals surface area contributed by atoms with Crippen LogP contribution in [0.1, 0.15) is 4.88 Å². The molecule has 1 aliphatic rings. The number of nitrogens with zero attached hydrogens (tertiary/aromatic N) is 1. The molecule has 0 bridgehead atoms. The molecule has 1 fully saturated rings. The van der Waals surface area contributed by atoms with Crippen LogP contribution in [0.2, 0.25) is 0 Å². The molecule has 0 aliphatic carbocycles. The van der Waals surface area contributed by atoms with E-state index < -0.39 is 5.97 Å². The molecular weight excluding hydrogens is 276 g/mol. The smallest absolute Gasteiger partial charge is 0.332 e. The van der Waals surface area contributed by atoms with Crippen LogP contribution in [0, 0.1) is 0 Å². The molecule has 2 heterocycles. The van der Waals surface area contributed by atoms with Gasteiger partial charge in [0.1, 0.15) is 0 Å². The first-order valence-corrected chi connectivity index (χ1v) is 7.62. The number of ether oxygens (including phenoxy) is 1. The third-order valence-corrected chi connectivity index (χ3v) is 3.98. The van der Waals surface area contributed by atoms with Gasteiger partial charge in [-0.15, -0.1) is 11.3 Å². The maximum absolute atomic E-state index is 11.2. The van der Waals surface area contributed by atoms with Crippen LogP contribution in [-0.4, -0.2) is 61.9 Å². The fourth-order valence-electron chi connectivity index (χ4n) is 2.02. The van der Waals surface area contributed by atoms with Crippen molar-refractivity contribution in [3.8, 4) is 0 Å². The van der Waals surface area contributed by atoms with E-state index in [1.54, 1.807) is 17.4 Å². The van der Waals surface area contributed by atoms with E-state index in [4.69, 9.17) is 4.74 Å². The summed E-state index contributed by atoms with van der Waals surface area (Å²) >= 11 is 1.54. The second kappa shape index (κ2) is 8.16. The maximum atomic E-state index is 11.2. The lowest BCUT2D eigenvalue weighted by Crippen LogP contribution is -2.40. The van der Waals surface area contributed by atoms with Gasteiger partial charge in [0.05, 0.1) is 18.8 Å². The molecule has 0 unspecified atom stereocenters. The third kappa shape index (κ3) is 5.05. The Morgan fingerprint density at radius 2 is 2.30 bits per heavy atom. The molecule has 110 valence electrons. The second-order valence-corrected chi connectivity index (χ2v) is 5.60. The Labute approximate surface area is 122 Å². The standard InChI is InChI=1S/C14H20N2O3S/c17-14(18)12(10-13-2-1-9-20-13)11-15-3-4-16-5-7-19-8-6-16/h1-2,9-10,15H,3-8,11H2,(H,17,18)/b12-10+. The molecule has 0 radical (unpaired) electrons. The summed E-state index contributed by atoms with van der Waals surface area (Å²) in [7, 11) is 0.